The second-order valence-corrected chi connectivity index (χ2v) is 7.07. The largest absolute Gasteiger partial charge is 0.507 e. The van der Waals surface area contributed by atoms with E-state index in [9.17, 15) is 9.90 Å². The van der Waals surface area contributed by atoms with Crippen molar-refractivity contribution in [3.8, 4) is 5.75 Å². The molecule has 2 heterocycles. The molecular formula is C16H21BrN2O2. The van der Waals surface area contributed by atoms with Crippen LogP contribution >= 0.6 is 15.9 Å². The van der Waals surface area contributed by atoms with E-state index in [2.05, 4.69) is 33.2 Å². The summed E-state index contributed by atoms with van der Waals surface area (Å²) in [7, 11) is 2.21. The van der Waals surface area contributed by atoms with Crippen molar-refractivity contribution >= 4 is 21.8 Å². The van der Waals surface area contributed by atoms with Crippen LogP contribution in [-0.2, 0) is 0 Å². The van der Waals surface area contributed by atoms with E-state index in [1.165, 1.54) is 25.3 Å². The van der Waals surface area contributed by atoms with Gasteiger partial charge in [-0.15, -0.1) is 0 Å². The Morgan fingerprint density at radius 1 is 1.33 bits per heavy atom. The van der Waals surface area contributed by atoms with E-state index in [4.69, 9.17) is 0 Å². The standard InChI is InChI=1S/C16H21BrN2O2/c1-19-12-3-2-4-13(19)9-11(8-12)18-16(21)10-5-6-14(17)15(20)7-10/h5-7,11-13,20H,2-4,8-9H2,1H3,(H,18,21). The van der Waals surface area contributed by atoms with Crippen LogP contribution in [0.4, 0.5) is 0 Å². The molecule has 0 aliphatic carbocycles. The number of nitrogens with one attached hydrogen (secondary N) is 1. The van der Waals surface area contributed by atoms with Gasteiger partial charge in [-0.1, -0.05) is 6.42 Å². The van der Waals surface area contributed by atoms with Crippen LogP contribution in [0.5, 0.6) is 5.75 Å². The molecule has 2 aliphatic heterocycles. The average Bonchev–Trinajstić information content (AvgIpc) is 2.43. The maximum Gasteiger partial charge on any atom is 0.251 e. The lowest BCUT2D eigenvalue weighted by atomic mass is 9.82. The highest BCUT2D eigenvalue weighted by Gasteiger charge is 2.36. The Bertz CT molecular complexity index is 535. The summed E-state index contributed by atoms with van der Waals surface area (Å²) < 4.78 is 0.605. The summed E-state index contributed by atoms with van der Waals surface area (Å²) in [6.07, 6.45) is 5.83. The van der Waals surface area contributed by atoms with Gasteiger partial charge in [0.1, 0.15) is 5.75 Å². The SMILES string of the molecule is CN1C2CCCC1CC(NC(=O)c1ccc(Br)c(O)c1)C2. The summed E-state index contributed by atoms with van der Waals surface area (Å²) in [5, 5.41) is 12.8. The summed E-state index contributed by atoms with van der Waals surface area (Å²) >= 11 is 3.23. The Balaban J connectivity index is 1.66. The van der Waals surface area contributed by atoms with Crippen molar-refractivity contribution in [2.24, 2.45) is 0 Å². The Morgan fingerprint density at radius 2 is 2.00 bits per heavy atom. The Morgan fingerprint density at radius 3 is 2.62 bits per heavy atom. The molecule has 114 valence electrons. The second-order valence-electron chi connectivity index (χ2n) is 6.21. The average molecular weight is 353 g/mol. The summed E-state index contributed by atoms with van der Waals surface area (Å²) in [5.41, 5.74) is 0.514. The molecule has 5 heteroatoms. The molecule has 2 aliphatic rings. The van der Waals surface area contributed by atoms with Crippen LogP contribution in [0.2, 0.25) is 0 Å². The van der Waals surface area contributed by atoms with Gasteiger partial charge in [-0.2, -0.15) is 0 Å². The number of fused-ring (bicyclic) bond motifs is 2. The van der Waals surface area contributed by atoms with Crippen molar-refractivity contribution in [2.75, 3.05) is 7.05 Å². The molecule has 0 spiro atoms. The van der Waals surface area contributed by atoms with Crippen molar-refractivity contribution in [1.29, 1.82) is 0 Å². The minimum atomic E-state index is -0.0922. The fourth-order valence-corrected chi connectivity index (χ4v) is 3.90. The first-order valence-electron chi connectivity index (χ1n) is 7.56. The fraction of sp³-hybridized carbons (Fsp3) is 0.562. The summed E-state index contributed by atoms with van der Waals surface area (Å²) in [4.78, 5) is 14.8. The van der Waals surface area contributed by atoms with Crippen molar-refractivity contribution in [1.82, 2.24) is 10.2 Å². The predicted molar refractivity (Wildman–Crippen MR) is 85.5 cm³/mol. The van der Waals surface area contributed by atoms with E-state index in [0.717, 1.165) is 12.8 Å². The number of phenolic OH excluding ortho intramolecular Hbond substituents is 1. The number of phenols is 1. The Kier molecular flexibility index (Phi) is 4.22. The van der Waals surface area contributed by atoms with Gasteiger partial charge < -0.3 is 15.3 Å². The Labute approximate surface area is 133 Å². The van der Waals surface area contributed by atoms with Crippen molar-refractivity contribution in [3.05, 3.63) is 28.2 Å². The molecular weight excluding hydrogens is 332 g/mol. The second kappa shape index (κ2) is 5.97. The normalized spacial score (nSPS) is 29.1. The van der Waals surface area contributed by atoms with Gasteiger partial charge >= 0.3 is 0 Å². The molecule has 2 N–H and O–H groups in total. The number of rotatable bonds is 2. The zero-order valence-electron chi connectivity index (χ0n) is 12.2. The number of carbonyl (C=O) groups excluding carboxylic acids is 1. The van der Waals surface area contributed by atoms with Crippen LogP contribution in [-0.4, -0.2) is 41.1 Å². The number of carbonyl (C=O) groups is 1. The van der Waals surface area contributed by atoms with Crippen LogP contribution in [0, 0.1) is 0 Å². The lowest BCUT2D eigenvalue weighted by Gasteiger charge is -2.47. The smallest absolute Gasteiger partial charge is 0.251 e. The maximum absolute atomic E-state index is 12.3. The predicted octanol–water partition coefficient (Wildman–Crippen LogP) is 2.90. The van der Waals surface area contributed by atoms with E-state index in [0.29, 0.717) is 22.1 Å². The van der Waals surface area contributed by atoms with E-state index in [-0.39, 0.29) is 17.7 Å². The highest BCUT2D eigenvalue weighted by Crippen LogP contribution is 2.33. The molecule has 0 aromatic heterocycles. The van der Waals surface area contributed by atoms with Crippen LogP contribution in [0.3, 0.4) is 0 Å². The number of benzene rings is 1. The lowest BCUT2D eigenvalue weighted by Crippen LogP contribution is -2.55. The molecule has 21 heavy (non-hydrogen) atoms. The minimum Gasteiger partial charge on any atom is -0.507 e. The van der Waals surface area contributed by atoms with Gasteiger partial charge in [0.2, 0.25) is 0 Å². The number of aromatic hydroxyl groups is 1. The Hall–Kier alpha value is -1.07. The molecule has 4 nitrogen and oxygen atoms in total. The molecule has 2 bridgehead atoms. The molecule has 1 aromatic rings. The first kappa shape index (κ1) is 14.9. The van der Waals surface area contributed by atoms with E-state index >= 15 is 0 Å². The first-order valence-corrected chi connectivity index (χ1v) is 8.35. The third kappa shape index (κ3) is 3.09. The van der Waals surface area contributed by atoms with Crippen molar-refractivity contribution in [2.45, 2.75) is 50.2 Å². The van der Waals surface area contributed by atoms with Crippen LogP contribution in [0.25, 0.3) is 0 Å². The summed E-state index contributed by atoms with van der Waals surface area (Å²) in [5.74, 6) is 0.00771. The summed E-state index contributed by atoms with van der Waals surface area (Å²) in [6, 6.07) is 6.38. The first-order chi connectivity index (χ1) is 10.0. The zero-order valence-corrected chi connectivity index (χ0v) is 13.8. The van der Waals surface area contributed by atoms with E-state index in [1.807, 2.05) is 0 Å². The molecule has 2 fully saturated rings. The topological polar surface area (TPSA) is 52.6 Å². The molecule has 2 saturated heterocycles. The van der Waals surface area contributed by atoms with Crippen LogP contribution in [0.1, 0.15) is 42.5 Å². The van der Waals surface area contributed by atoms with Gasteiger partial charge in [0, 0.05) is 23.7 Å². The number of hydrogen-bond donors (Lipinski definition) is 2. The van der Waals surface area contributed by atoms with Crippen LogP contribution in [0.15, 0.2) is 22.7 Å². The van der Waals surface area contributed by atoms with Gasteiger partial charge in [-0.3, -0.25) is 4.79 Å². The third-order valence-electron chi connectivity index (χ3n) is 4.88. The molecule has 2 atom stereocenters. The zero-order chi connectivity index (χ0) is 15.0. The van der Waals surface area contributed by atoms with Crippen molar-refractivity contribution < 1.29 is 9.90 Å². The minimum absolute atomic E-state index is 0.0922. The maximum atomic E-state index is 12.3. The van der Waals surface area contributed by atoms with E-state index < -0.39 is 0 Å². The third-order valence-corrected chi connectivity index (χ3v) is 5.55. The summed E-state index contributed by atoms with van der Waals surface area (Å²) in [6.45, 7) is 0. The van der Waals surface area contributed by atoms with Crippen LogP contribution < -0.4 is 5.32 Å². The molecule has 0 saturated carbocycles. The molecule has 2 unspecified atom stereocenters. The highest BCUT2D eigenvalue weighted by molar-refractivity contribution is 9.10. The number of hydrogen-bond acceptors (Lipinski definition) is 3. The van der Waals surface area contributed by atoms with Gasteiger partial charge in [0.15, 0.2) is 0 Å². The van der Waals surface area contributed by atoms with Gasteiger partial charge in [-0.05, 0) is 66.9 Å². The van der Waals surface area contributed by atoms with Gasteiger partial charge in [0.25, 0.3) is 5.91 Å². The highest BCUT2D eigenvalue weighted by atomic mass is 79.9. The molecule has 1 aromatic carbocycles. The number of halogens is 1. The van der Waals surface area contributed by atoms with Crippen molar-refractivity contribution in [3.63, 3.8) is 0 Å². The molecule has 0 radical (unpaired) electrons. The monoisotopic (exact) mass is 352 g/mol. The van der Waals surface area contributed by atoms with Gasteiger partial charge in [-0.25, -0.2) is 0 Å². The number of amides is 1. The molecule has 3 rings (SSSR count). The van der Waals surface area contributed by atoms with E-state index in [1.54, 1.807) is 12.1 Å². The lowest BCUT2D eigenvalue weighted by molar-refractivity contribution is 0.0463. The number of piperidine rings is 2. The number of nitrogens with zero attached hydrogens (tertiary/aromatic N) is 1. The quantitative estimate of drug-likeness (QED) is 0.860. The molecule has 1 amide bonds. The van der Waals surface area contributed by atoms with Gasteiger partial charge in [0.05, 0.1) is 4.47 Å². The fourth-order valence-electron chi connectivity index (χ4n) is 3.66.